The number of para-hydroxylation sites is 1. The average Bonchev–Trinajstić information content (AvgIpc) is 3.31. The summed E-state index contributed by atoms with van der Waals surface area (Å²) in [6.45, 7) is 6.76. The van der Waals surface area contributed by atoms with Crippen LogP contribution in [0.2, 0.25) is 0 Å². The minimum atomic E-state index is 0.118. The van der Waals surface area contributed by atoms with E-state index in [1.807, 2.05) is 25.1 Å². The van der Waals surface area contributed by atoms with Crippen LogP contribution in [0.1, 0.15) is 25.3 Å². The summed E-state index contributed by atoms with van der Waals surface area (Å²) in [5, 5.41) is 4.63. The smallest absolute Gasteiger partial charge is 0.194 e. The Morgan fingerprint density at radius 2 is 2.07 bits per heavy atom. The first-order chi connectivity index (χ1) is 14.7. The molecule has 0 spiro atoms. The van der Waals surface area contributed by atoms with Gasteiger partial charge in [0.05, 0.1) is 24.8 Å². The van der Waals surface area contributed by atoms with Crippen LogP contribution in [0.4, 0.5) is 5.82 Å². The summed E-state index contributed by atoms with van der Waals surface area (Å²) in [4.78, 5) is 14.1. The molecule has 30 heavy (non-hydrogen) atoms. The first-order valence-electron chi connectivity index (χ1n) is 11.0. The van der Waals surface area contributed by atoms with Gasteiger partial charge in [0, 0.05) is 45.7 Å². The van der Waals surface area contributed by atoms with Gasteiger partial charge in [0.15, 0.2) is 5.96 Å². The summed E-state index contributed by atoms with van der Waals surface area (Å²) in [6.07, 6.45) is 2.54. The molecule has 3 heterocycles. The molecule has 162 valence electrons. The van der Waals surface area contributed by atoms with Crippen LogP contribution in [0.25, 0.3) is 10.9 Å². The Bertz CT molecular complexity index is 879. The number of ether oxygens (including phenoxy) is 2. The van der Waals surface area contributed by atoms with E-state index in [4.69, 9.17) is 19.5 Å². The van der Waals surface area contributed by atoms with Crippen molar-refractivity contribution < 1.29 is 9.47 Å². The molecule has 2 saturated heterocycles. The molecule has 4 rings (SSSR count). The standard InChI is InChI=1S/C23H33N5O2/c1-4-24-23(28-11-13-30-21(16-28)20-10-7-12-29-20)25-15-17-14-22(27(2)3)26-19-9-6-5-8-18(17)19/h5-6,8-9,14,20-21H,4,7,10-13,15-16H2,1-3H3,(H,24,25). The monoisotopic (exact) mass is 411 g/mol. The van der Waals surface area contributed by atoms with Crippen LogP contribution in [0.5, 0.6) is 0 Å². The molecule has 2 unspecified atom stereocenters. The van der Waals surface area contributed by atoms with Crippen molar-refractivity contribution in [3.63, 3.8) is 0 Å². The number of morpholine rings is 1. The highest BCUT2D eigenvalue weighted by molar-refractivity contribution is 5.85. The third-order valence-corrected chi connectivity index (χ3v) is 5.75. The Morgan fingerprint density at radius 1 is 1.23 bits per heavy atom. The van der Waals surface area contributed by atoms with Gasteiger partial charge in [0.25, 0.3) is 0 Å². The van der Waals surface area contributed by atoms with Crippen molar-refractivity contribution in [2.24, 2.45) is 4.99 Å². The van der Waals surface area contributed by atoms with E-state index in [2.05, 4.69) is 41.4 Å². The summed E-state index contributed by atoms with van der Waals surface area (Å²) in [6, 6.07) is 10.4. The number of aromatic nitrogens is 1. The topological polar surface area (TPSA) is 62.2 Å². The second kappa shape index (κ2) is 9.62. The molecular weight excluding hydrogens is 378 g/mol. The van der Waals surface area contributed by atoms with Gasteiger partial charge in [-0.2, -0.15) is 0 Å². The minimum Gasteiger partial charge on any atom is -0.375 e. The van der Waals surface area contributed by atoms with Gasteiger partial charge < -0.3 is 24.6 Å². The molecule has 7 heteroatoms. The van der Waals surface area contributed by atoms with E-state index < -0.39 is 0 Å². The fraction of sp³-hybridized carbons (Fsp3) is 0.565. The van der Waals surface area contributed by atoms with Crippen molar-refractivity contribution in [3.05, 3.63) is 35.9 Å². The molecule has 2 atom stereocenters. The fourth-order valence-electron chi connectivity index (χ4n) is 4.17. The van der Waals surface area contributed by atoms with E-state index in [9.17, 15) is 0 Å². The van der Waals surface area contributed by atoms with Crippen molar-refractivity contribution in [1.29, 1.82) is 0 Å². The molecule has 0 radical (unpaired) electrons. The summed E-state index contributed by atoms with van der Waals surface area (Å²) >= 11 is 0. The second-order valence-corrected chi connectivity index (χ2v) is 8.13. The SMILES string of the molecule is CCNC(=NCc1cc(N(C)C)nc2ccccc12)N1CCOC(C2CCCO2)C1. The highest BCUT2D eigenvalue weighted by Crippen LogP contribution is 2.24. The predicted molar refractivity (Wildman–Crippen MR) is 121 cm³/mol. The quantitative estimate of drug-likeness (QED) is 0.603. The molecule has 0 amide bonds. The molecule has 2 aliphatic rings. The minimum absolute atomic E-state index is 0.118. The molecule has 0 aliphatic carbocycles. The number of guanidine groups is 1. The van der Waals surface area contributed by atoms with Gasteiger partial charge in [-0.05, 0) is 37.5 Å². The predicted octanol–water partition coefficient (Wildman–Crippen LogP) is 2.65. The fourth-order valence-corrected chi connectivity index (χ4v) is 4.17. The molecular formula is C23H33N5O2. The van der Waals surface area contributed by atoms with Crippen molar-refractivity contribution in [1.82, 2.24) is 15.2 Å². The number of pyridine rings is 1. The number of benzene rings is 1. The first-order valence-corrected chi connectivity index (χ1v) is 11.0. The maximum atomic E-state index is 6.02. The summed E-state index contributed by atoms with van der Waals surface area (Å²) < 4.78 is 11.9. The van der Waals surface area contributed by atoms with E-state index in [0.29, 0.717) is 13.2 Å². The zero-order valence-corrected chi connectivity index (χ0v) is 18.3. The average molecular weight is 412 g/mol. The Balaban J connectivity index is 1.57. The number of nitrogens with zero attached hydrogens (tertiary/aromatic N) is 4. The summed E-state index contributed by atoms with van der Waals surface area (Å²) in [5.41, 5.74) is 2.19. The number of rotatable bonds is 5. The summed E-state index contributed by atoms with van der Waals surface area (Å²) in [7, 11) is 4.04. The van der Waals surface area contributed by atoms with E-state index >= 15 is 0 Å². The van der Waals surface area contributed by atoms with Crippen molar-refractivity contribution in [3.8, 4) is 0 Å². The molecule has 0 bridgehead atoms. The lowest BCUT2D eigenvalue weighted by Crippen LogP contribution is -2.53. The Morgan fingerprint density at radius 3 is 2.83 bits per heavy atom. The van der Waals surface area contributed by atoms with Crippen LogP contribution in [-0.2, 0) is 16.0 Å². The Kier molecular flexibility index (Phi) is 6.69. The number of hydrogen-bond acceptors (Lipinski definition) is 5. The van der Waals surface area contributed by atoms with Crippen LogP contribution in [0.3, 0.4) is 0 Å². The van der Waals surface area contributed by atoms with Crippen LogP contribution in [0, 0.1) is 0 Å². The number of anilines is 1. The maximum absolute atomic E-state index is 6.02. The number of nitrogens with one attached hydrogen (secondary N) is 1. The van der Waals surface area contributed by atoms with Gasteiger partial charge in [0.2, 0.25) is 0 Å². The van der Waals surface area contributed by atoms with Crippen LogP contribution in [0.15, 0.2) is 35.3 Å². The van der Waals surface area contributed by atoms with E-state index in [-0.39, 0.29) is 12.2 Å². The number of hydrogen-bond donors (Lipinski definition) is 1. The van der Waals surface area contributed by atoms with Crippen LogP contribution >= 0.6 is 0 Å². The van der Waals surface area contributed by atoms with Crippen LogP contribution < -0.4 is 10.2 Å². The van der Waals surface area contributed by atoms with E-state index in [0.717, 1.165) is 61.8 Å². The number of aliphatic imine (C=N–C) groups is 1. The highest BCUT2D eigenvalue weighted by atomic mass is 16.5. The van der Waals surface area contributed by atoms with Gasteiger partial charge >= 0.3 is 0 Å². The largest absolute Gasteiger partial charge is 0.375 e. The molecule has 7 nitrogen and oxygen atoms in total. The van der Waals surface area contributed by atoms with Crippen molar-refractivity contribution in [2.75, 3.05) is 51.8 Å². The maximum Gasteiger partial charge on any atom is 0.194 e. The zero-order chi connectivity index (χ0) is 20.9. The molecule has 2 aliphatic heterocycles. The first kappa shape index (κ1) is 20.9. The highest BCUT2D eigenvalue weighted by Gasteiger charge is 2.32. The van der Waals surface area contributed by atoms with Crippen molar-refractivity contribution in [2.45, 2.75) is 38.5 Å². The molecule has 1 N–H and O–H groups in total. The van der Waals surface area contributed by atoms with Crippen molar-refractivity contribution >= 4 is 22.7 Å². The lowest BCUT2D eigenvalue weighted by Gasteiger charge is -2.37. The lowest BCUT2D eigenvalue weighted by atomic mass is 10.1. The summed E-state index contributed by atoms with van der Waals surface area (Å²) in [5.74, 6) is 1.89. The lowest BCUT2D eigenvalue weighted by molar-refractivity contribution is -0.0817. The third-order valence-electron chi connectivity index (χ3n) is 5.75. The van der Waals surface area contributed by atoms with Gasteiger partial charge in [0.1, 0.15) is 11.9 Å². The third kappa shape index (κ3) is 4.68. The second-order valence-electron chi connectivity index (χ2n) is 8.13. The van der Waals surface area contributed by atoms with Crippen LogP contribution in [-0.4, -0.2) is 75.0 Å². The van der Waals surface area contributed by atoms with E-state index in [1.54, 1.807) is 0 Å². The number of fused-ring (bicyclic) bond motifs is 1. The normalized spacial score (nSPS) is 22.5. The molecule has 1 aromatic heterocycles. The van der Waals surface area contributed by atoms with Gasteiger partial charge in [-0.15, -0.1) is 0 Å². The molecule has 0 saturated carbocycles. The molecule has 2 fully saturated rings. The Labute approximate surface area is 179 Å². The molecule has 2 aromatic rings. The molecule has 1 aromatic carbocycles. The van der Waals surface area contributed by atoms with Gasteiger partial charge in [-0.1, -0.05) is 18.2 Å². The van der Waals surface area contributed by atoms with Gasteiger partial charge in [-0.25, -0.2) is 9.98 Å². The van der Waals surface area contributed by atoms with Gasteiger partial charge in [-0.3, -0.25) is 0 Å². The Hall–Kier alpha value is -2.38. The van der Waals surface area contributed by atoms with E-state index in [1.165, 1.54) is 5.56 Å². The zero-order valence-electron chi connectivity index (χ0n) is 18.3.